The van der Waals surface area contributed by atoms with Crippen LogP contribution in [0.1, 0.15) is 30.5 Å². The first-order valence-electron chi connectivity index (χ1n) is 5.88. The topological polar surface area (TPSA) is 49.3 Å². The Morgan fingerprint density at radius 1 is 1.53 bits per heavy atom. The Bertz CT molecular complexity index is 451. The summed E-state index contributed by atoms with van der Waals surface area (Å²) in [4.78, 5) is 10.5. The summed E-state index contributed by atoms with van der Waals surface area (Å²) in [5.74, 6) is -0.879. The third kappa shape index (κ3) is 2.94. The van der Waals surface area contributed by atoms with Gasteiger partial charge >= 0.3 is 5.97 Å². The summed E-state index contributed by atoms with van der Waals surface area (Å²) in [6.45, 7) is 2.47. The highest BCUT2D eigenvalue weighted by Gasteiger charge is 2.20. The van der Waals surface area contributed by atoms with Crippen LogP contribution in [0.5, 0.6) is 0 Å². The fourth-order valence-electron chi connectivity index (χ4n) is 2.32. The number of rotatable bonds is 4. The van der Waals surface area contributed by atoms with Crippen LogP contribution in [-0.4, -0.2) is 17.6 Å². The summed E-state index contributed by atoms with van der Waals surface area (Å²) >= 11 is 0. The second-order valence-corrected chi connectivity index (χ2v) is 4.50. The maximum atomic E-state index is 10.5. The summed E-state index contributed by atoms with van der Waals surface area (Å²) in [5.41, 5.74) is 3.61. The number of hydrogen-bond donors (Lipinski definition) is 2. The number of carboxylic acid groups (broad SMARTS) is 1. The first kappa shape index (κ1) is 11.9. The third-order valence-corrected chi connectivity index (χ3v) is 3.13. The van der Waals surface area contributed by atoms with E-state index >= 15 is 0 Å². The number of hydrogen-bond acceptors (Lipinski definition) is 2. The fourth-order valence-corrected chi connectivity index (χ4v) is 2.32. The Kier molecular flexibility index (Phi) is 3.59. The molecule has 0 bridgehead atoms. The molecule has 0 fully saturated rings. The van der Waals surface area contributed by atoms with E-state index in [9.17, 15) is 4.79 Å². The highest BCUT2D eigenvalue weighted by atomic mass is 16.4. The molecule has 3 heteroatoms. The molecule has 0 saturated heterocycles. The molecule has 2 rings (SSSR count). The zero-order valence-electron chi connectivity index (χ0n) is 9.94. The van der Waals surface area contributed by atoms with Gasteiger partial charge in [-0.2, -0.15) is 0 Å². The number of carboxylic acids is 1. The number of carbonyl (C=O) groups is 1. The van der Waals surface area contributed by atoms with E-state index in [1.54, 1.807) is 0 Å². The molecule has 1 aromatic carbocycles. The molecule has 1 aromatic rings. The van der Waals surface area contributed by atoms with Gasteiger partial charge in [-0.05, 0) is 30.9 Å². The molecule has 0 heterocycles. The minimum absolute atomic E-state index is 0.364. The molecule has 90 valence electrons. The molecular weight excluding hydrogens is 214 g/mol. The quantitative estimate of drug-likeness (QED) is 0.782. The summed E-state index contributed by atoms with van der Waals surface area (Å²) in [7, 11) is 0. The number of fused-ring (bicyclic) bond motifs is 1. The standard InChI is InChI=1S/C14H17NO2/c1-10(8-14(16)17)9-15-13-7-6-11-4-2-3-5-12(11)13/h2-5,8,13,15H,6-7,9H2,1H3,(H,16,17)/b10-8-. The van der Waals surface area contributed by atoms with Crippen LogP contribution in [0.2, 0.25) is 0 Å². The van der Waals surface area contributed by atoms with Crippen LogP contribution in [0.25, 0.3) is 0 Å². The largest absolute Gasteiger partial charge is 0.478 e. The van der Waals surface area contributed by atoms with E-state index < -0.39 is 5.97 Å². The lowest BCUT2D eigenvalue weighted by Gasteiger charge is -2.13. The molecule has 0 spiro atoms. The van der Waals surface area contributed by atoms with E-state index in [0.717, 1.165) is 18.4 Å². The molecule has 0 aromatic heterocycles. The molecular formula is C14H17NO2. The van der Waals surface area contributed by atoms with Crippen molar-refractivity contribution in [2.24, 2.45) is 0 Å². The molecule has 17 heavy (non-hydrogen) atoms. The summed E-state index contributed by atoms with van der Waals surface area (Å²) in [6.07, 6.45) is 3.46. The summed E-state index contributed by atoms with van der Waals surface area (Å²) < 4.78 is 0. The second-order valence-electron chi connectivity index (χ2n) is 4.50. The Labute approximate surface area is 101 Å². The maximum Gasteiger partial charge on any atom is 0.328 e. The smallest absolute Gasteiger partial charge is 0.328 e. The van der Waals surface area contributed by atoms with Crippen LogP contribution >= 0.6 is 0 Å². The van der Waals surface area contributed by atoms with Gasteiger partial charge in [-0.1, -0.05) is 29.8 Å². The van der Waals surface area contributed by atoms with Crippen LogP contribution in [0.4, 0.5) is 0 Å². The first-order chi connectivity index (χ1) is 8.16. The van der Waals surface area contributed by atoms with E-state index in [0.29, 0.717) is 12.6 Å². The Morgan fingerprint density at radius 2 is 2.29 bits per heavy atom. The van der Waals surface area contributed by atoms with Crippen molar-refractivity contribution in [3.05, 3.63) is 47.0 Å². The molecule has 1 atom stereocenters. The zero-order chi connectivity index (χ0) is 12.3. The monoisotopic (exact) mass is 231 g/mol. The van der Waals surface area contributed by atoms with E-state index in [4.69, 9.17) is 5.11 Å². The van der Waals surface area contributed by atoms with E-state index in [-0.39, 0.29) is 0 Å². The lowest BCUT2D eigenvalue weighted by Crippen LogP contribution is -2.21. The number of aliphatic carboxylic acids is 1. The molecule has 3 nitrogen and oxygen atoms in total. The van der Waals surface area contributed by atoms with Gasteiger partial charge in [-0.15, -0.1) is 0 Å². The van der Waals surface area contributed by atoms with Crippen molar-refractivity contribution >= 4 is 5.97 Å². The van der Waals surface area contributed by atoms with Gasteiger partial charge in [0, 0.05) is 18.7 Å². The van der Waals surface area contributed by atoms with Crippen molar-refractivity contribution in [1.29, 1.82) is 0 Å². The van der Waals surface area contributed by atoms with Crippen LogP contribution < -0.4 is 5.32 Å². The van der Waals surface area contributed by atoms with Gasteiger partial charge in [0.05, 0.1) is 0 Å². The van der Waals surface area contributed by atoms with Crippen molar-refractivity contribution in [3.63, 3.8) is 0 Å². The normalized spacial score (nSPS) is 19.1. The van der Waals surface area contributed by atoms with Crippen LogP contribution in [0.15, 0.2) is 35.9 Å². The van der Waals surface area contributed by atoms with Gasteiger partial charge in [0.2, 0.25) is 0 Å². The van der Waals surface area contributed by atoms with E-state index in [1.807, 2.05) is 6.92 Å². The predicted octanol–water partition coefficient (Wildman–Crippen LogP) is 2.29. The number of aryl methyl sites for hydroxylation is 1. The fraction of sp³-hybridized carbons (Fsp3) is 0.357. The third-order valence-electron chi connectivity index (χ3n) is 3.13. The summed E-state index contributed by atoms with van der Waals surface area (Å²) in [6, 6.07) is 8.80. The van der Waals surface area contributed by atoms with Crippen molar-refractivity contribution < 1.29 is 9.90 Å². The Morgan fingerprint density at radius 3 is 3.06 bits per heavy atom. The molecule has 1 aliphatic rings. The van der Waals surface area contributed by atoms with Crippen LogP contribution in [-0.2, 0) is 11.2 Å². The minimum Gasteiger partial charge on any atom is -0.478 e. The van der Waals surface area contributed by atoms with Gasteiger partial charge in [-0.3, -0.25) is 0 Å². The van der Waals surface area contributed by atoms with Gasteiger partial charge < -0.3 is 10.4 Å². The van der Waals surface area contributed by atoms with Gasteiger partial charge in [-0.25, -0.2) is 4.79 Å². The van der Waals surface area contributed by atoms with Gasteiger partial charge in [0.25, 0.3) is 0 Å². The zero-order valence-corrected chi connectivity index (χ0v) is 9.94. The molecule has 2 N–H and O–H groups in total. The van der Waals surface area contributed by atoms with Crippen molar-refractivity contribution in [2.75, 3.05) is 6.54 Å². The first-order valence-corrected chi connectivity index (χ1v) is 5.88. The lowest BCUT2D eigenvalue weighted by molar-refractivity contribution is -0.131. The number of benzene rings is 1. The highest BCUT2D eigenvalue weighted by Crippen LogP contribution is 2.30. The molecule has 0 saturated carbocycles. The van der Waals surface area contributed by atoms with Crippen molar-refractivity contribution in [1.82, 2.24) is 5.32 Å². The van der Waals surface area contributed by atoms with E-state index in [1.165, 1.54) is 17.2 Å². The Hall–Kier alpha value is -1.61. The van der Waals surface area contributed by atoms with Crippen LogP contribution in [0, 0.1) is 0 Å². The number of nitrogens with one attached hydrogen (secondary N) is 1. The molecule has 1 aliphatic carbocycles. The molecule has 0 aliphatic heterocycles. The van der Waals surface area contributed by atoms with Crippen molar-refractivity contribution in [3.8, 4) is 0 Å². The second kappa shape index (κ2) is 5.15. The van der Waals surface area contributed by atoms with Gasteiger partial charge in [0.1, 0.15) is 0 Å². The SMILES string of the molecule is C/C(=C/C(=O)O)CNC1CCc2ccccc21. The average Bonchev–Trinajstić information content (AvgIpc) is 2.69. The van der Waals surface area contributed by atoms with Gasteiger partial charge in [0.15, 0.2) is 0 Å². The lowest BCUT2D eigenvalue weighted by atomic mass is 10.1. The Balaban J connectivity index is 1.96. The maximum absolute atomic E-state index is 10.5. The van der Waals surface area contributed by atoms with Crippen molar-refractivity contribution in [2.45, 2.75) is 25.8 Å². The predicted molar refractivity (Wildman–Crippen MR) is 66.9 cm³/mol. The average molecular weight is 231 g/mol. The summed E-state index contributed by atoms with van der Waals surface area (Å²) in [5, 5.41) is 12.0. The highest BCUT2D eigenvalue weighted by molar-refractivity contribution is 5.80. The molecule has 0 radical (unpaired) electrons. The van der Waals surface area contributed by atoms with E-state index in [2.05, 4.69) is 29.6 Å². The molecule has 1 unspecified atom stereocenters. The minimum atomic E-state index is -0.879. The molecule has 0 amide bonds. The van der Waals surface area contributed by atoms with Crippen LogP contribution in [0.3, 0.4) is 0 Å².